The molecule has 1 amide bonds. The maximum atomic E-state index is 12.5. The van der Waals surface area contributed by atoms with Gasteiger partial charge in [-0.15, -0.1) is 0 Å². The normalized spacial score (nSPS) is 12.7. The van der Waals surface area contributed by atoms with Crippen LogP contribution in [-0.2, 0) is 0 Å². The number of furan rings is 1. The molecule has 0 saturated carbocycles. The van der Waals surface area contributed by atoms with Crippen molar-refractivity contribution in [2.45, 2.75) is 13.0 Å². The predicted molar refractivity (Wildman–Crippen MR) is 94.0 cm³/mol. The molecule has 0 aliphatic rings. The predicted octanol–water partition coefficient (Wildman–Crippen LogP) is 3.84. The number of likely N-dealkylation sites (N-methyl/N-ethyl adjacent to an activating group) is 1. The van der Waals surface area contributed by atoms with E-state index in [0.29, 0.717) is 12.3 Å². The summed E-state index contributed by atoms with van der Waals surface area (Å²) < 4.78 is 5.72. The molecular formula is C18H20N2O2S. The number of para-hydroxylation sites is 1. The highest BCUT2D eigenvalue weighted by molar-refractivity contribution is 7.07. The third-order valence-electron chi connectivity index (χ3n) is 4.06. The van der Waals surface area contributed by atoms with E-state index in [4.69, 9.17) is 4.42 Å². The molecule has 4 nitrogen and oxygen atoms in total. The number of carbonyl (C=O) groups is 1. The van der Waals surface area contributed by atoms with E-state index in [1.54, 1.807) is 11.3 Å². The van der Waals surface area contributed by atoms with Crippen molar-refractivity contribution >= 4 is 28.2 Å². The van der Waals surface area contributed by atoms with Crippen LogP contribution in [0.2, 0.25) is 0 Å². The van der Waals surface area contributed by atoms with Gasteiger partial charge in [-0.25, -0.2) is 0 Å². The molecule has 23 heavy (non-hydrogen) atoms. The van der Waals surface area contributed by atoms with Gasteiger partial charge in [0.15, 0.2) is 5.76 Å². The van der Waals surface area contributed by atoms with Gasteiger partial charge in [-0.1, -0.05) is 18.2 Å². The number of benzene rings is 1. The molecule has 5 heteroatoms. The number of carbonyl (C=O) groups excluding carboxylic acids is 1. The molecule has 0 radical (unpaired) electrons. The second kappa shape index (κ2) is 6.56. The molecule has 1 aromatic carbocycles. The topological polar surface area (TPSA) is 45.5 Å². The highest BCUT2D eigenvalue weighted by Gasteiger charge is 2.20. The molecule has 0 unspecified atom stereocenters. The number of hydrogen-bond donors (Lipinski definition) is 1. The fourth-order valence-electron chi connectivity index (χ4n) is 2.72. The number of thiophene rings is 1. The van der Waals surface area contributed by atoms with Crippen molar-refractivity contribution in [2.75, 3.05) is 20.6 Å². The van der Waals surface area contributed by atoms with Crippen LogP contribution in [0.25, 0.3) is 11.0 Å². The minimum Gasteiger partial charge on any atom is -0.451 e. The SMILES string of the molecule is Cc1c(C(=O)NC[C@H](c2ccsc2)N(C)C)oc2ccccc12. The largest absolute Gasteiger partial charge is 0.451 e. The van der Waals surface area contributed by atoms with E-state index in [0.717, 1.165) is 16.5 Å². The maximum Gasteiger partial charge on any atom is 0.287 e. The zero-order chi connectivity index (χ0) is 16.4. The molecule has 2 aromatic heterocycles. The third kappa shape index (κ3) is 3.16. The molecule has 0 aliphatic heterocycles. The van der Waals surface area contributed by atoms with E-state index in [-0.39, 0.29) is 11.9 Å². The van der Waals surface area contributed by atoms with Crippen molar-refractivity contribution in [3.8, 4) is 0 Å². The van der Waals surface area contributed by atoms with Gasteiger partial charge in [-0.05, 0) is 49.5 Å². The zero-order valence-electron chi connectivity index (χ0n) is 13.5. The van der Waals surface area contributed by atoms with E-state index in [2.05, 4.69) is 27.0 Å². The van der Waals surface area contributed by atoms with Crippen LogP contribution >= 0.6 is 11.3 Å². The lowest BCUT2D eigenvalue weighted by molar-refractivity contribution is 0.0915. The number of amides is 1. The summed E-state index contributed by atoms with van der Waals surface area (Å²) in [5.74, 6) is 0.231. The minimum atomic E-state index is -0.166. The van der Waals surface area contributed by atoms with Crippen molar-refractivity contribution in [1.82, 2.24) is 10.2 Å². The molecule has 0 fully saturated rings. The van der Waals surface area contributed by atoms with Crippen LogP contribution in [0, 0.1) is 6.92 Å². The fraction of sp³-hybridized carbons (Fsp3) is 0.278. The minimum absolute atomic E-state index is 0.148. The van der Waals surface area contributed by atoms with E-state index in [9.17, 15) is 4.79 Å². The van der Waals surface area contributed by atoms with Gasteiger partial charge < -0.3 is 14.6 Å². The van der Waals surface area contributed by atoms with Crippen LogP contribution in [-0.4, -0.2) is 31.4 Å². The lowest BCUT2D eigenvalue weighted by Crippen LogP contribution is -2.34. The van der Waals surface area contributed by atoms with E-state index < -0.39 is 0 Å². The summed E-state index contributed by atoms with van der Waals surface area (Å²) in [5.41, 5.74) is 2.84. The average molecular weight is 328 g/mol. The Hall–Kier alpha value is -2.11. The van der Waals surface area contributed by atoms with Gasteiger partial charge in [-0.2, -0.15) is 11.3 Å². The van der Waals surface area contributed by atoms with Crippen LogP contribution in [0.1, 0.15) is 27.7 Å². The molecule has 0 spiro atoms. The smallest absolute Gasteiger partial charge is 0.287 e. The van der Waals surface area contributed by atoms with Gasteiger partial charge in [0.1, 0.15) is 5.58 Å². The molecule has 3 rings (SSSR count). The average Bonchev–Trinajstić information content (AvgIpc) is 3.16. The van der Waals surface area contributed by atoms with Crippen LogP contribution in [0.5, 0.6) is 0 Å². The third-order valence-corrected chi connectivity index (χ3v) is 4.76. The first-order chi connectivity index (χ1) is 11.1. The Labute approximate surface area is 139 Å². The lowest BCUT2D eigenvalue weighted by Gasteiger charge is -2.23. The zero-order valence-corrected chi connectivity index (χ0v) is 14.3. The standard InChI is InChI=1S/C18H20N2O2S/c1-12-14-6-4-5-7-16(14)22-17(12)18(21)19-10-15(20(2)3)13-8-9-23-11-13/h4-9,11,15H,10H2,1-3H3,(H,19,21)/t15-/m1/s1. The van der Waals surface area contributed by atoms with Crippen molar-refractivity contribution < 1.29 is 9.21 Å². The first kappa shape index (κ1) is 15.8. The Kier molecular flexibility index (Phi) is 4.50. The Morgan fingerprint density at radius 1 is 1.30 bits per heavy atom. The van der Waals surface area contributed by atoms with Crippen LogP contribution in [0.15, 0.2) is 45.5 Å². The number of rotatable bonds is 5. The molecule has 0 saturated heterocycles. The highest BCUT2D eigenvalue weighted by Crippen LogP contribution is 2.25. The molecule has 120 valence electrons. The van der Waals surface area contributed by atoms with Crippen molar-refractivity contribution in [3.63, 3.8) is 0 Å². The lowest BCUT2D eigenvalue weighted by atomic mass is 10.1. The van der Waals surface area contributed by atoms with Crippen molar-refractivity contribution in [2.24, 2.45) is 0 Å². The summed E-state index contributed by atoms with van der Waals surface area (Å²) in [7, 11) is 4.03. The van der Waals surface area contributed by atoms with Crippen LogP contribution in [0.3, 0.4) is 0 Å². The number of nitrogens with one attached hydrogen (secondary N) is 1. The Balaban J connectivity index is 1.76. The Bertz CT molecular complexity index is 806. The molecule has 0 bridgehead atoms. The summed E-state index contributed by atoms with van der Waals surface area (Å²) >= 11 is 1.66. The first-order valence-corrected chi connectivity index (χ1v) is 8.47. The van der Waals surface area contributed by atoms with Gasteiger partial charge >= 0.3 is 0 Å². The van der Waals surface area contributed by atoms with E-state index in [1.807, 2.05) is 45.3 Å². The van der Waals surface area contributed by atoms with Gasteiger partial charge in [0.2, 0.25) is 0 Å². The molecule has 1 atom stereocenters. The second-order valence-electron chi connectivity index (χ2n) is 5.80. The Morgan fingerprint density at radius 2 is 2.09 bits per heavy atom. The molecule has 0 aliphatic carbocycles. The van der Waals surface area contributed by atoms with Crippen molar-refractivity contribution in [3.05, 3.63) is 58.0 Å². The summed E-state index contributed by atoms with van der Waals surface area (Å²) in [6, 6.07) is 9.95. The van der Waals surface area contributed by atoms with E-state index >= 15 is 0 Å². The number of fused-ring (bicyclic) bond motifs is 1. The first-order valence-electron chi connectivity index (χ1n) is 7.52. The number of aryl methyl sites for hydroxylation is 1. The summed E-state index contributed by atoms with van der Waals surface area (Å²) in [4.78, 5) is 14.6. The van der Waals surface area contributed by atoms with Crippen LogP contribution in [0.4, 0.5) is 0 Å². The van der Waals surface area contributed by atoms with Gasteiger partial charge in [0.05, 0.1) is 6.04 Å². The number of hydrogen-bond acceptors (Lipinski definition) is 4. The highest BCUT2D eigenvalue weighted by atomic mass is 32.1. The summed E-state index contributed by atoms with van der Waals surface area (Å²) in [6.07, 6.45) is 0. The van der Waals surface area contributed by atoms with Crippen LogP contribution < -0.4 is 5.32 Å². The van der Waals surface area contributed by atoms with E-state index in [1.165, 1.54) is 5.56 Å². The fourth-order valence-corrected chi connectivity index (χ4v) is 3.43. The molecule has 2 heterocycles. The molecular weight excluding hydrogens is 308 g/mol. The second-order valence-corrected chi connectivity index (χ2v) is 6.58. The van der Waals surface area contributed by atoms with Gasteiger partial charge in [-0.3, -0.25) is 4.79 Å². The maximum absolute atomic E-state index is 12.5. The molecule has 3 aromatic rings. The van der Waals surface area contributed by atoms with Gasteiger partial charge in [0.25, 0.3) is 5.91 Å². The van der Waals surface area contributed by atoms with Gasteiger partial charge in [0, 0.05) is 17.5 Å². The summed E-state index contributed by atoms with van der Waals surface area (Å²) in [6.45, 7) is 2.46. The monoisotopic (exact) mass is 328 g/mol. The van der Waals surface area contributed by atoms with Crippen molar-refractivity contribution in [1.29, 1.82) is 0 Å². The number of nitrogens with zero attached hydrogens (tertiary/aromatic N) is 1. The molecule has 1 N–H and O–H groups in total. The summed E-state index contributed by atoms with van der Waals surface area (Å²) in [5, 5.41) is 8.15. The quantitative estimate of drug-likeness (QED) is 0.774. The Morgan fingerprint density at radius 3 is 2.74 bits per heavy atom.